The molecule has 0 saturated heterocycles. The van der Waals surface area contributed by atoms with Gasteiger partial charge in [-0.05, 0) is 48.2 Å². The van der Waals surface area contributed by atoms with E-state index >= 15 is 0 Å². The van der Waals surface area contributed by atoms with Crippen LogP contribution in [0.25, 0.3) is 0 Å². The molecule has 0 bridgehead atoms. The molecule has 3 aromatic rings. The predicted molar refractivity (Wildman–Crippen MR) is 111 cm³/mol. The van der Waals surface area contributed by atoms with Gasteiger partial charge in [0.15, 0.2) is 0 Å². The highest BCUT2D eigenvalue weighted by atomic mass is 16.5. The summed E-state index contributed by atoms with van der Waals surface area (Å²) in [6.07, 6.45) is 4.71. The molecule has 2 N–H and O–H groups in total. The highest BCUT2D eigenvalue weighted by molar-refractivity contribution is 6.03. The molecule has 0 aliphatic rings. The van der Waals surface area contributed by atoms with Crippen LogP contribution in [0.1, 0.15) is 35.5 Å². The first kappa shape index (κ1) is 19.4. The fourth-order valence-electron chi connectivity index (χ4n) is 2.91. The molecule has 0 aliphatic heterocycles. The molecule has 6 nitrogen and oxygen atoms in total. The van der Waals surface area contributed by atoms with Crippen molar-refractivity contribution in [1.29, 1.82) is 0 Å². The first-order valence-corrected chi connectivity index (χ1v) is 9.29. The van der Waals surface area contributed by atoms with E-state index in [1.54, 1.807) is 13.3 Å². The maximum absolute atomic E-state index is 12.6. The van der Waals surface area contributed by atoms with E-state index in [4.69, 9.17) is 4.74 Å². The number of amides is 1. The second-order valence-electron chi connectivity index (χ2n) is 6.25. The summed E-state index contributed by atoms with van der Waals surface area (Å²) >= 11 is 0. The zero-order chi connectivity index (χ0) is 19.9. The van der Waals surface area contributed by atoms with Crippen molar-refractivity contribution in [2.45, 2.75) is 26.7 Å². The van der Waals surface area contributed by atoms with Gasteiger partial charge >= 0.3 is 0 Å². The molecule has 1 amide bonds. The fourth-order valence-corrected chi connectivity index (χ4v) is 2.91. The third kappa shape index (κ3) is 4.46. The van der Waals surface area contributed by atoms with Crippen LogP contribution in [0, 0.1) is 0 Å². The number of hydrogen-bond donors (Lipinski definition) is 2. The summed E-state index contributed by atoms with van der Waals surface area (Å²) in [7, 11) is 1.63. The lowest BCUT2D eigenvalue weighted by Crippen LogP contribution is -2.16. The summed E-state index contributed by atoms with van der Waals surface area (Å²) in [6, 6.07) is 13.6. The lowest BCUT2D eigenvalue weighted by Gasteiger charge is -2.14. The predicted octanol–water partition coefficient (Wildman–Crippen LogP) is 4.61. The highest BCUT2D eigenvalue weighted by Crippen LogP contribution is 2.23. The Balaban J connectivity index is 1.72. The fraction of sp³-hybridized carbons (Fsp3) is 0.227. The average molecular weight is 376 g/mol. The van der Waals surface area contributed by atoms with E-state index in [9.17, 15) is 4.79 Å². The number of ether oxygens (including phenoxy) is 1. The van der Waals surface area contributed by atoms with Gasteiger partial charge in [0, 0.05) is 11.4 Å². The van der Waals surface area contributed by atoms with Gasteiger partial charge < -0.3 is 15.4 Å². The minimum Gasteiger partial charge on any atom is -0.497 e. The second-order valence-corrected chi connectivity index (χ2v) is 6.25. The third-order valence-electron chi connectivity index (χ3n) is 4.48. The molecule has 1 aromatic heterocycles. The Morgan fingerprint density at radius 1 is 0.964 bits per heavy atom. The van der Waals surface area contributed by atoms with Crippen LogP contribution in [-0.2, 0) is 12.8 Å². The molecule has 0 atom stereocenters. The van der Waals surface area contributed by atoms with E-state index in [1.807, 2.05) is 42.5 Å². The number of carbonyl (C=O) groups excluding carboxylic acids is 1. The van der Waals surface area contributed by atoms with Crippen LogP contribution in [0.3, 0.4) is 0 Å². The number of aryl methyl sites for hydroxylation is 2. The van der Waals surface area contributed by atoms with Crippen molar-refractivity contribution in [2.75, 3.05) is 17.7 Å². The first-order valence-electron chi connectivity index (χ1n) is 9.29. The van der Waals surface area contributed by atoms with Crippen LogP contribution in [0.5, 0.6) is 5.75 Å². The number of para-hydroxylation sites is 1. The van der Waals surface area contributed by atoms with Gasteiger partial charge in [-0.3, -0.25) is 4.79 Å². The molecule has 0 fully saturated rings. The Hall–Kier alpha value is -3.41. The van der Waals surface area contributed by atoms with Crippen LogP contribution in [0.2, 0.25) is 0 Å². The Bertz CT molecular complexity index is 916. The summed E-state index contributed by atoms with van der Waals surface area (Å²) in [5.74, 6) is 1.08. The molecule has 2 aromatic carbocycles. The zero-order valence-corrected chi connectivity index (χ0v) is 16.3. The number of carbonyl (C=O) groups is 1. The largest absolute Gasteiger partial charge is 0.497 e. The SMILES string of the molecule is CCc1cccc(CC)c1NC(=O)c1cnc(Nc2ccc(OC)cc2)cn1. The molecule has 0 aliphatic carbocycles. The Morgan fingerprint density at radius 3 is 2.18 bits per heavy atom. The molecule has 0 radical (unpaired) electrons. The van der Waals surface area contributed by atoms with Crippen LogP contribution >= 0.6 is 0 Å². The summed E-state index contributed by atoms with van der Waals surface area (Å²) in [6.45, 7) is 4.15. The molecule has 1 heterocycles. The minimum absolute atomic E-state index is 0.265. The van der Waals surface area contributed by atoms with Gasteiger partial charge in [0.25, 0.3) is 5.91 Å². The zero-order valence-electron chi connectivity index (χ0n) is 16.3. The molecule has 0 unspecified atom stereocenters. The van der Waals surface area contributed by atoms with Gasteiger partial charge in [-0.15, -0.1) is 0 Å². The monoisotopic (exact) mass is 376 g/mol. The number of anilines is 3. The quantitative estimate of drug-likeness (QED) is 0.630. The summed E-state index contributed by atoms with van der Waals surface area (Å²) in [5.41, 5.74) is 4.22. The van der Waals surface area contributed by atoms with Gasteiger partial charge in [0.2, 0.25) is 0 Å². The molecule has 0 spiro atoms. The Morgan fingerprint density at radius 2 is 1.64 bits per heavy atom. The molecular weight excluding hydrogens is 352 g/mol. The topological polar surface area (TPSA) is 76.1 Å². The number of nitrogens with one attached hydrogen (secondary N) is 2. The normalized spacial score (nSPS) is 10.4. The van der Waals surface area contributed by atoms with Gasteiger partial charge in [-0.2, -0.15) is 0 Å². The number of aromatic nitrogens is 2. The molecular formula is C22H24N4O2. The maximum Gasteiger partial charge on any atom is 0.275 e. The van der Waals surface area contributed by atoms with Gasteiger partial charge in [0.05, 0.1) is 19.5 Å². The highest BCUT2D eigenvalue weighted by Gasteiger charge is 2.13. The number of nitrogens with zero attached hydrogens (tertiary/aromatic N) is 2. The standard InChI is InChI=1S/C22H24N4O2/c1-4-15-7-6-8-16(5-2)21(15)26-22(27)19-13-24-20(14-23-19)25-17-9-11-18(28-3)12-10-17/h6-14H,4-5H2,1-3H3,(H,24,25)(H,26,27). The number of hydrogen-bond acceptors (Lipinski definition) is 5. The molecule has 0 saturated carbocycles. The van der Waals surface area contributed by atoms with E-state index in [0.717, 1.165) is 41.1 Å². The molecule has 3 rings (SSSR count). The van der Waals surface area contributed by atoms with Crippen molar-refractivity contribution < 1.29 is 9.53 Å². The molecule has 6 heteroatoms. The number of methoxy groups -OCH3 is 1. The summed E-state index contributed by atoms with van der Waals surface area (Å²) < 4.78 is 5.14. The lowest BCUT2D eigenvalue weighted by molar-refractivity contribution is 0.102. The summed E-state index contributed by atoms with van der Waals surface area (Å²) in [5, 5.41) is 6.15. The Kier molecular flexibility index (Phi) is 6.22. The van der Waals surface area contributed by atoms with Crippen LogP contribution in [0.15, 0.2) is 54.9 Å². The summed E-state index contributed by atoms with van der Waals surface area (Å²) in [4.78, 5) is 21.2. The van der Waals surface area contributed by atoms with Gasteiger partial charge in [-0.25, -0.2) is 9.97 Å². The number of benzene rings is 2. The van der Waals surface area contributed by atoms with Crippen LogP contribution < -0.4 is 15.4 Å². The number of rotatable bonds is 7. The first-order chi connectivity index (χ1) is 13.6. The van der Waals surface area contributed by atoms with Crippen LogP contribution in [-0.4, -0.2) is 23.0 Å². The second kappa shape index (κ2) is 8.99. The smallest absolute Gasteiger partial charge is 0.275 e. The van der Waals surface area contributed by atoms with Crippen molar-refractivity contribution in [3.05, 3.63) is 71.7 Å². The lowest BCUT2D eigenvalue weighted by atomic mass is 10.0. The van der Waals surface area contributed by atoms with Crippen molar-refractivity contribution in [3.8, 4) is 5.75 Å². The van der Waals surface area contributed by atoms with Crippen molar-refractivity contribution in [1.82, 2.24) is 9.97 Å². The van der Waals surface area contributed by atoms with Crippen molar-refractivity contribution >= 4 is 23.1 Å². The third-order valence-corrected chi connectivity index (χ3v) is 4.48. The molecule has 144 valence electrons. The average Bonchev–Trinajstić information content (AvgIpc) is 2.75. The van der Waals surface area contributed by atoms with E-state index in [-0.39, 0.29) is 11.6 Å². The van der Waals surface area contributed by atoms with E-state index in [0.29, 0.717) is 5.82 Å². The van der Waals surface area contributed by atoms with Gasteiger partial charge in [0.1, 0.15) is 17.3 Å². The van der Waals surface area contributed by atoms with E-state index < -0.39 is 0 Å². The van der Waals surface area contributed by atoms with Crippen molar-refractivity contribution in [2.24, 2.45) is 0 Å². The van der Waals surface area contributed by atoms with E-state index in [2.05, 4.69) is 34.4 Å². The van der Waals surface area contributed by atoms with Gasteiger partial charge in [-0.1, -0.05) is 32.0 Å². The van der Waals surface area contributed by atoms with Crippen molar-refractivity contribution in [3.63, 3.8) is 0 Å². The molecule has 28 heavy (non-hydrogen) atoms. The maximum atomic E-state index is 12.6. The van der Waals surface area contributed by atoms with E-state index in [1.165, 1.54) is 6.20 Å². The van der Waals surface area contributed by atoms with Crippen LogP contribution in [0.4, 0.5) is 17.2 Å². The minimum atomic E-state index is -0.265. The Labute approximate surface area is 165 Å².